The van der Waals surface area contributed by atoms with E-state index in [2.05, 4.69) is 10.3 Å². The van der Waals surface area contributed by atoms with Crippen molar-refractivity contribution in [1.82, 2.24) is 5.32 Å². The number of carbonyl (C=O) groups is 2. The number of thioether (sulfide) groups is 1. The number of aliphatic imine (C=N–C) groups is 1. The molecule has 1 heterocycles. The van der Waals surface area contributed by atoms with Gasteiger partial charge in [-0.1, -0.05) is 24.3 Å². The molecule has 0 radical (unpaired) electrons. The summed E-state index contributed by atoms with van der Waals surface area (Å²) in [5.74, 6) is -0.702. The van der Waals surface area contributed by atoms with Gasteiger partial charge in [-0.15, -0.1) is 0 Å². The molecule has 26 heavy (non-hydrogen) atoms. The first kappa shape index (κ1) is 17.8. The van der Waals surface area contributed by atoms with Crippen molar-refractivity contribution in [3.05, 3.63) is 64.6 Å². The summed E-state index contributed by atoms with van der Waals surface area (Å²) < 4.78 is 4.77. The molecule has 1 amide bonds. The fourth-order valence-electron chi connectivity index (χ4n) is 2.45. The van der Waals surface area contributed by atoms with E-state index in [1.165, 1.54) is 18.9 Å². The van der Waals surface area contributed by atoms with Crippen molar-refractivity contribution >= 4 is 45.8 Å². The van der Waals surface area contributed by atoms with Crippen LogP contribution >= 0.6 is 11.8 Å². The molecule has 0 atom stereocenters. The van der Waals surface area contributed by atoms with Gasteiger partial charge in [0.25, 0.3) is 5.91 Å². The Kier molecular flexibility index (Phi) is 5.09. The Morgan fingerprint density at radius 3 is 2.54 bits per heavy atom. The van der Waals surface area contributed by atoms with Gasteiger partial charge in [0.05, 0.1) is 23.3 Å². The predicted octanol–water partition coefficient (Wildman–Crippen LogP) is 3.34. The highest BCUT2D eigenvalue weighted by Gasteiger charge is 2.27. The van der Waals surface area contributed by atoms with Gasteiger partial charge in [-0.3, -0.25) is 4.79 Å². The number of anilines is 1. The summed E-state index contributed by atoms with van der Waals surface area (Å²) in [5.41, 5.74) is 8.89. The van der Waals surface area contributed by atoms with Crippen molar-refractivity contribution in [2.24, 2.45) is 4.99 Å². The lowest BCUT2D eigenvalue weighted by atomic mass is 10.1. The number of nitrogen functional groups attached to an aromatic ring is 1. The topological polar surface area (TPSA) is 93.8 Å². The number of allylic oxidation sites excluding steroid dienone is 1. The third-order valence-electron chi connectivity index (χ3n) is 3.84. The molecule has 6 nitrogen and oxygen atoms in total. The maximum Gasteiger partial charge on any atom is 0.340 e. The highest BCUT2D eigenvalue weighted by Crippen LogP contribution is 2.33. The first-order valence-electron chi connectivity index (χ1n) is 7.81. The van der Waals surface area contributed by atoms with Crippen LogP contribution < -0.4 is 11.1 Å². The summed E-state index contributed by atoms with van der Waals surface area (Å²) in [6.45, 7) is 1.87. The number of rotatable bonds is 3. The maximum absolute atomic E-state index is 12.3. The first-order chi connectivity index (χ1) is 12.5. The minimum atomic E-state index is -0.479. The van der Waals surface area contributed by atoms with Crippen molar-refractivity contribution in [3.8, 4) is 0 Å². The molecular weight excluding hydrogens is 350 g/mol. The number of amidine groups is 1. The molecule has 0 unspecified atom stereocenters. The van der Waals surface area contributed by atoms with Gasteiger partial charge in [0, 0.05) is 5.69 Å². The lowest BCUT2D eigenvalue weighted by molar-refractivity contribution is -0.115. The Balaban J connectivity index is 1.93. The summed E-state index contributed by atoms with van der Waals surface area (Å²) in [6.07, 6.45) is 0. The van der Waals surface area contributed by atoms with Crippen molar-refractivity contribution in [1.29, 1.82) is 0 Å². The second kappa shape index (κ2) is 7.45. The molecular formula is C19H17N3O3S. The largest absolute Gasteiger partial charge is 0.465 e. The highest BCUT2D eigenvalue weighted by atomic mass is 32.2. The molecule has 1 saturated heterocycles. The summed E-state index contributed by atoms with van der Waals surface area (Å²) in [7, 11) is 1.31. The number of hydrogen-bond donors (Lipinski definition) is 2. The summed E-state index contributed by atoms with van der Waals surface area (Å²) in [6, 6.07) is 14.1. The molecule has 2 aromatic carbocycles. The number of hydrogen-bond acceptors (Lipinski definition) is 6. The van der Waals surface area contributed by atoms with E-state index in [1.54, 1.807) is 36.4 Å². The molecule has 7 heteroatoms. The standard InChI is InChI=1S/C19H17N3O3S/c1-11(12-7-9-13(20)10-8-12)16-17(23)22-19(26-16)21-15-6-4-3-5-14(15)18(24)25-2/h3-10H,20H2,1-2H3,(H,21,22,23)/b16-11-. The van der Waals surface area contributed by atoms with E-state index in [0.29, 0.717) is 27.0 Å². The summed E-state index contributed by atoms with van der Waals surface area (Å²) in [5, 5.41) is 3.15. The number of methoxy groups -OCH3 is 1. The van der Waals surface area contributed by atoms with Gasteiger partial charge in [-0.05, 0) is 54.1 Å². The van der Waals surface area contributed by atoms with Crippen molar-refractivity contribution in [2.75, 3.05) is 12.8 Å². The van der Waals surface area contributed by atoms with E-state index < -0.39 is 5.97 Å². The Morgan fingerprint density at radius 1 is 1.15 bits per heavy atom. The Morgan fingerprint density at radius 2 is 1.85 bits per heavy atom. The van der Waals surface area contributed by atoms with Crippen LogP contribution in [-0.4, -0.2) is 24.2 Å². The quantitative estimate of drug-likeness (QED) is 0.493. The van der Waals surface area contributed by atoms with E-state index in [-0.39, 0.29) is 5.91 Å². The van der Waals surface area contributed by atoms with Gasteiger partial charge in [-0.2, -0.15) is 0 Å². The van der Waals surface area contributed by atoms with Gasteiger partial charge in [0.15, 0.2) is 5.17 Å². The van der Waals surface area contributed by atoms with Crippen molar-refractivity contribution < 1.29 is 14.3 Å². The normalized spacial score (nSPS) is 17.2. The van der Waals surface area contributed by atoms with Crippen LogP contribution in [0.1, 0.15) is 22.8 Å². The Bertz CT molecular complexity index is 933. The number of ether oxygens (including phenoxy) is 1. The van der Waals surface area contributed by atoms with Crippen LogP contribution in [-0.2, 0) is 9.53 Å². The van der Waals surface area contributed by atoms with Gasteiger partial charge in [-0.25, -0.2) is 9.79 Å². The van der Waals surface area contributed by atoms with Crippen LogP contribution in [0.3, 0.4) is 0 Å². The zero-order valence-electron chi connectivity index (χ0n) is 14.3. The third kappa shape index (κ3) is 3.62. The van der Waals surface area contributed by atoms with Crippen molar-refractivity contribution in [3.63, 3.8) is 0 Å². The van der Waals surface area contributed by atoms with Crippen LogP contribution in [0.4, 0.5) is 11.4 Å². The number of amides is 1. The highest BCUT2D eigenvalue weighted by molar-refractivity contribution is 8.18. The van der Waals surface area contributed by atoms with E-state index in [1.807, 2.05) is 19.1 Å². The second-order valence-electron chi connectivity index (χ2n) is 5.56. The fraction of sp³-hybridized carbons (Fsp3) is 0.105. The zero-order valence-corrected chi connectivity index (χ0v) is 15.1. The molecule has 132 valence electrons. The van der Waals surface area contributed by atoms with Crippen LogP contribution in [0.15, 0.2) is 58.4 Å². The molecule has 0 aromatic heterocycles. The number of benzene rings is 2. The zero-order chi connectivity index (χ0) is 18.7. The number of nitrogens with one attached hydrogen (secondary N) is 1. The van der Waals surface area contributed by atoms with Gasteiger partial charge >= 0.3 is 5.97 Å². The number of esters is 1. The number of para-hydroxylation sites is 1. The minimum Gasteiger partial charge on any atom is -0.465 e. The molecule has 0 saturated carbocycles. The molecule has 0 bridgehead atoms. The average Bonchev–Trinajstić information content (AvgIpc) is 3.01. The predicted molar refractivity (Wildman–Crippen MR) is 104 cm³/mol. The van der Waals surface area contributed by atoms with Crippen LogP contribution in [0, 0.1) is 0 Å². The second-order valence-corrected chi connectivity index (χ2v) is 6.56. The third-order valence-corrected chi connectivity index (χ3v) is 4.92. The number of nitrogens with zero attached hydrogens (tertiary/aromatic N) is 1. The molecule has 1 fully saturated rings. The molecule has 2 aromatic rings. The van der Waals surface area contributed by atoms with Gasteiger partial charge in [0.1, 0.15) is 0 Å². The van der Waals surface area contributed by atoms with Gasteiger partial charge < -0.3 is 15.8 Å². The maximum atomic E-state index is 12.3. The first-order valence-corrected chi connectivity index (χ1v) is 8.63. The monoisotopic (exact) mass is 367 g/mol. The van der Waals surface area contributed by atoms with E-state index in [0.717, 1.165) is 11.1 Å². The van der Waals surface area contributed by atoms with E-state index >= 15 is 0 Å². The van der Waals surface area contributed by atoms with E-state index in [4.69, 9.17) is 10.5 Å². The fourth-order valence-corrected chi connectivity index (χ4v) is 3.34. The summed E-state index contributed by atoms with van der Waals surface area (Å²) >= 11 is 1.23. The Labute approximate surface area is 155 Å². The number of nitrogens with two attached hydrogens (primary N) is 1. The van der Waals surface area contributed by atoms with Crippen LogP contribution in [0.2, 0.25) is 0 Å². The Hall–Kier alpha value is -3.06. The van der Waals surface area contributed by atoms with Crippen molar-refractivity contribution in [2.45, 2.75) is 6.92 Å². The molecule has 3 rings (SSSR count). The van der Waals surface area contributed by atoms with Gasteiger partial charge in [0.2, 0.25) is 0 Å². The molecule has 0 aliphatic carbocycles. The van der Waals surface area contributed by atoms with Crippen LogP contribution in [0.25, 0.3) is 5.57 Å². The lowest BCUT2D eigenvalue weighted by Gasteiger charge is -2.04. The van der Waals surface area contributed by atoms with E-state index in [9.17, 15) is 9.59 Å². The lowest BCUT2D eigenvalue weighted by Crippen LogP contribution is -2.19. The summed E-state index contributed by atoms with van der Waals surface area (Å²) in [4.78, 5) is 29.2. The average molecular weight is 367 g/mol. The molecule has 1 aliphatic rings. The molecule has 3 N–H and O–H groups in total. The van der Waals surface area contributed by atoms with Crippen LogP contribution in [0.5, 0.6) is 0 Å². The minimum absolute atomic E-state index is 0.223. The molecule has 1 aliphatic heterocycles. The smallest absolute Gasteiger partial charge is 0.340 e. The SMILES string of the molecule is COC(=O)c1ccccc1N=C1NC(=O)/C(=C(\C)c2ccc(N)cc2)S1. The number of carbonyl (C=O) groups excluding carboxylic acids is 2. The molecule has 0 spiro atoms.